The lowest BCUT2D eigenvalue weighted by Gasteiger charge is -2.25. The Balaban J connectivity index is 2.04. The Labute approximate surface area is 123 Å². The Morgan fingerprint density at radius 1 is 1.55 bits per heavy atom. The second kappa shape index (κ2) is 6.90. The average molecular weight is 298 g/mol. The van der Waals surface area contributed by atoms with Gasteiger partial charge in [0.1, 0.15) is 10.7 Å². The number of hydrogen-bond donors (Lipinski definition) is 2. The number of carbonyl (C=O) groups excluding carboxylic acids is 1. The third-order valence-electron chi connectivity index (χ3n) is 3.23. The Bertz CT molecular complexity index is 457. The first-order chi connectivity index (χ1) is 9.61. The van der Waals surface area contributed by atoms with Gasteiger partial charge in [0.2, 0.25) is 0 Å². The molecule has 0 radical (unpaired) electrons. The predicted molar refractivity (Wildman–Crippen MR) is 81.4 cm³/mol. The van der Waals surface area contributed by atoms with E-state index in [-0.39, 0.29) is 11.9 Å². The zero-order valence-corrected chi connectivity index (χ0v) is 12.8. The fourth-order valence-corrected chi connectivity index (χ4v) is 3.11. The number of nitrogens with one attached hydrogen (secondary N) is 1. The van der Waals surface area contributed by atoms with Gasteiger partial charge in [0.05, 0.1) is 13.2 Å². The number of nitrogens with two attached hydrogens (primary N) is 1. The highest BCUT2D eigenvalue weighted by molar-refractivity contribution is 7.18. The van der Waals surface area contributed by atoms with Crippen molar-refractivity contribution in [2.24, 2.45) is 0 Å². The van der Waals surface area contributed by atoms with Crippen molar-refractivity contribution >= 4 is 28.2 Å². The highest BCUT2D eigenvalue weighted by Crippen LogP contribution is 2.28. The Hall–Kier alpha value is -1.34. The van der Waals surface area contributed by atoms with Crippen LogP contribution in [0.15, 0.2) is 0 Å². The minimum Gasteiger partial charge on any atom is -0.382 e. The Morgan fingerprint density at radius 3 is 2.90 bits per heavy atom. The molecule has 1 aromatic heterocycles. The van der Waals surface area contributed by atoms with Gasteiger partial charge in [-0.3, -0.25) is 4.79 Å². The molecule has 20 heavy (non-hydrogen) atoms. The number of nitrogen functional groups attached to an aromatic ring is 1. The maximum absolute atomic E-state index is 12.2. The second-order valence-corrected chi connectivity index (χ2v) is 5.95. The van der Waals surface area contributed by atoms with Crippen LogP contribution in [0, 0.1) is 0 Å². The molecule has 7 heteroatoms. The number of nitrogens with zero attached hydrogens (tertiary/aromatic N) is 2. The summed E-state index contributed by atoms with van der Waals surface area (Å²) in [5.41, 5.74) is 5.88. The summed E-state index contributed by atoms with van der Waals surface area (Å²) >= 11 is 1.36. The molecule has 1 aromatic rings. The number of rotatable bonds is 5. The standard InChI is InChI=1S/C13H22N4O2S/c1-3-4-9(2)15-12(18)10-11(14)16-13(20-10)17-5-7-19-8-6-17/h9H,3-8,14H2,1-2H3,(H,15,18). The van der Waals surface area contributed by atoms with E-state index in [4.69, 9.17) is 10.5 Å². The zero-order valence-electron chi connectivity index (χ0n) is 12.0. The molecule has 1 amide bonds. The van der Waals surface area contributed by atoms with Crippen molar-refractivity contribution in [2.75, 3.05) is 36.9 Å². The topological polar surface area (TPSA) is 80.5 Å². The molecular formula is C13H22N4O2S. The number of ether oxygens (including phenoxy) is 1. The van der Waals surface area contributed by atoms with Gasteiger partial charge in [0.25, 0.3) is 5.91 Å². The average Bonchev–Trinajstić information content (AvgIpc) is 2.82. The molecule has 1 aliphatic heterocycles. The number of amides is 1. The Morgan fingerprint density at radius 2 is 2.25 bits per heavy atom. The van der Waals surface area contributed by atoms with Crippen LogP contribution < -0.4 is 16.0 Å². The van der Waals surface area contributed by atoms with Crippen molar-refractivity contribution in [2.45, 2.75) is 32.7 Å². The molecule has 0 aromatic carbocycles. The summed E-state index contributed by atoms with van der Waals surface area (Å²) in [5, 5.41) is 3.77. The van der Waals surface area contributed by atoms with E-state index < -0.39 is 0 Å². The molecule has 1 atom stereocenters. The van der Waals surface area contributed by atoms with Crippen LogP contribution in [0.2, 0.25) is 0 Å². The number of morpholine rings is 1. The van der Waals surface area contributed by atoms with Gasteiger partial charge in [0, 0.05) is 19.1 Å². The van der Waals surface area contributed by atoms with Crippen LogP contribution in [-0.2, 0) is 4.74 Å². The Kier molecular flexibility index (Phi) is 5.19. The number of thiazole rings is 1. The van der Waals surface area contributed by atoms with E-state index in [0.29, 0.717) is 23.9 Å². The molecule has 2 heterocycles. The van der Waals surface area contributed by atoms with Crippen LogP contribution in [0.5, 0.6) is 0 Å². The van der Waals surface area contributed by atoms with Crippen LogP contribution in [0.25, 0.3) is 0 Å². The zero-order chi connectivity index (χ0) is 14.5. The van der Waals surface area contributed by atoms with Crippen molar-refractivity contribution in [1.82, 2.24) is 10.3 Å². The highest BCUT2D eigenvalue weighted by Gasteiger charge is 2.21. The lowest BCUT2D eigenvalue weighted by Crippen LogP contribution is -2.36. The molecule has 1 saturated heterocycles. The maximum atomic E-state index is 12.2. The van der Waals surface area contributed by atoms with Crippen LogP contribution >= 0.6 is 11.3 Å². The number of hydrogen-bond acceptors (Lipinski definition) is 6. The molecule has 0 saturated carbocycles. The summed E-state index contributed by atoms with van der Waals surface area (Å²) in [6, 6.07) is 0.154. The van der Waals surface area contributed by atoms with Gasteiger partial charge in [-0.15, -0.1) is 0 Å². The monoisotopic (exact) mass is 298 g/mol. The van der Waals surface area contributed by atoms with Gasteiger partial charge in [0.15, 0.2) is 5.13 Å². The van der Waals surface area contributed by atoms with Crippen LogP contribution in [0.3, 0.4) is 0 Å². The molecule has 6 nitrogen and oxygen atoms in total. The number of anilines is 2. The lowest BCUT2D eigenvalue weighted by atomic mass is 10.2. The SMILES string of the molecule is CCCC(C)NC(=O)c1sc(N2CCOCC2)nc1N. The van der Waals surface area contributed by atoms with Crippen molar-refractivity contribution in [1.29, 1.82) is 0 Å². The molecular weight excluding hydrogens is 276 g/mol. The summed E-state index contributed by atoms with van der Waals surface area (Å²) in [4.78, 5) is 19.1. The van der Waals surface area contributed by atoms with Crippen molar-refractivity contribution in [3.8, 4) is 0 Å². The van der Waals surface area contributed by atoms with E-state index in [1.165, 1.54) is 11.3 Å². The molecule has 2 rings (SSSR count). The van der Waals surface area contributed by atoms with Gasteiger partial charge >= 0.3 is 0 Å². The minimum absolute atomic E-state index is 0.125. The summed E-state index contributed by atoms with van der Waals surface area (Å²) in [6.07, 6.45) is 2.00. The lowest BCUT2D eigenvalue weighted by molar-refractivity contribution is 0.0943. The van der Waals surface area contributed by atoms with E-state index in [2.05, 4.69) is 22.1 Å². The second-order valence-electron chi connectivity index (χ2n) is 4.97. The van der Waals surface area contributed by atoms with E-state index >= 15 is 0 Å². The van der Waals surface area contributed by atoms with Crippen LogP contribution in [0.1, 0.15) is 36.4 Å². The van der Waals surface area contributed by atoms with Gasteiger partial charge in [-0.1, -0.05) is 24.7 Å². The third kappa shape index (κ3) is 3.61. The predicted octanol–water partition coefficient (Wildman–Crippen LogP) is 1.48. The number of aromatic nitrogens is 1. The highest BCUT2D eigenvalue weighted by atomic mass is 32.1. The van der Waals surface area contributed by atoms with Crippen LogP contribution in [-0.4, -0.2) is 43.2 Å². The van der Waals surface area contributed by atoms with Crippen molar-refractivity contribution < 1.29 is 9.53 Å². The van der Waals surface area contributed by atoms with Crippen molar-refractivity contribution in [3.63, 3.8) is 0 Å². The van der Waals surface area contributed by atoms with E-state index in [1.807, 2.05) is 6.92 Å². The van der Waals surface area contributed by atoms with E-state index in [0.717, 1.165) is 31.1 Å². The normalized spacial score (nSPS) is 17.0. The van der Waals surface area contributed by atoms with E-state index in [1.54, 1.807) is 0 Å². The molecule has 1 fully saturated rings. The first-order valence-corrected chi connectivity index (χ1v) is 7.83. The quantitative estimate of drug-likeness (QED) is 0.860. The molecule has 1 unspecified atom stereocenters. The molecule has 0 bridgehead atoms. The maximum Gasteiger partial charge on any atom is 0.265 e. The van der Waals surface area contributed by atoms with Gasteiger partial charge in [-0.25, -0.2) is 4.98 Å². The molecule has 0 aliphatic carbocycles. The molecule has 0 spiro atoms. The molecule has 1 aliphatic rings. The molecule has 112 valence electrons. The van der Waals surface area contributed by atoms with Gasteiger partial charge in [-0.05, 0) is 13.3 Å². The summed E-state index contributed by atoms with van der Waals surface area (Å²) in [7, 11) is 0. The summed E-state index contributed by atoms with van der Waals surface area (Å²) in [5.74, 6) is 0.193. The fourth-order valence-electron chi connectivity index (χ4n) is 2.17. The van der Waals surface area contributed by atoms with Crippen molar-refractivity contribution in [3.05, 3.63) is 4.88 Å². The molecule has 3 N–H and O–H groups in total. The smallest absolute Gasteiger partial charge is 0.265 e. The van der Waals surface area contributed by atoms with Gasteiger partial charge in [-0.2, -0.15) is 0 Å². The van der Waals surface area contributed by atoms with Gasteiger partial charge < -0.3 is 20.7 Å². The first kappa shape index (κ1) is 15.1. The fraction of sp³-hybridized carbons (Fsp3) is 0.692. The first-order valence-electron chi connectivity index (χ1n) is 7.01. The third-order valence-corrected chi connectivity index (χ3v) is 4.36. The minimum atomic E-state index is -0.125. The van der Waals surface area contributed by atoms with Crippen LogP contribution in [0.4, 0.5) is 10.9 Å². The largest absolute Gasteiger partial charge is 0.382 e. The summed E-state index contributed by atoms with van der Waals surface area (Å²) in [6.45, 7) is 7.06. The number of carbonyl (C=O) groups is 1. The van der Waals surface area contributed by atoms with E-state index in [9.17, 15) is 4.79 Å². The summed E-state index contributed by atoms with van der Waals surface area (Å²) < 4.78 is 5.31.